The van der Waals surface area contributed by atoms with E-state index in [1.807, 2.05) is 13.8 Å². The second-order valence-corrected chi connectivity index (χ2v) is 17.0. The minimum absolute atomic E-state index is 0.0137. The first-order valence-corrected chi connectivity index (χ1v) is 20.6. The Morgan fingerprint density at radius 3 is 2.08 bits per heavy atom. The molecule has 4 saturated heterocycles. The van der Waals surface area contributed by atoms with Crippen LogP contribution in [0.4, 0.5) is 0 Å². The Balaban J connectivity index is 1.79. The number of nitrogens with one attached hydrogen (secondary N) is 4. The first-order chi connectivity index (χ1) is 28.1. The number of rotatable bonds is 8. The third kappa shape index (κ3) is 10.5. The summed E-state index contributed by atoms with van der Waals surface area (Å²) in [4.78, 5) is 97.5. The molecule has 0 aliphatic carbocycles. The van der Waals surface area contributed by atoms with Crippen molar-refractivity contribution < 1.29 is 68.4 Å². The molecule has 4 aliphatic rings. The van der Waals surface area contributed by atoms with Crippen LogP contribution < -0.4 is 21.5 Å². The van der Waals surface area contributed by atoms with Crippen molar-refractivity contribution in [3.8, 4) is 0 Å². The van der Waals surface area contributed by atoms with Crippen molar-refractivity contribution in [1.29, 1.82) is 0 Å². The van der Waals surface area contributed by atoms with E-state index in [2.05, 4.69) is 21.5 Å². The fourth-order valence-corrected chi connectivity index (χ4v) is 8.03. The van der Waals surface area contributed by atoms with Gasteiger partial charge in [-0.05, 0) is 77.0 Å². The first kappa shape index (κ1) is 48.6. The van der Waals surface area contributed by atoms with Crippen molar-refractivity contribution in [3.05, 3.63) is 0 Å². The number of hydrogen-bond donors (Lipinski definition) is 8. The highest BCUT2D eigenvalue weighted by Crippen LogP contribution is 2.40. The standard InChI is InChI=1S/C38H64N8O14/c1-20(2)17-24-13-14-38(55,60-23(24)6)37(7,54)36(53)42-29-30(21(3)4)59-35(52)22(5)45(56)32(49)25-11-9-15-40-43(25)28(47)18-39-31(48)27(19-58-8)46(57)33(50)26-12-10-16-41-44(26)34(29)51/h20-27,29-30,40-41,54-57H,9-19H2,1-8H3,(H,39,48)(H,42,53)/t22-,23+,24+,25+,26-,27+,29+,30+,37+,38+/m1/s1. The molecular weight excluding hydrogens is 792 g/mol. The lowest BCUT2D eigenvalue weighted by atomic mass is 9.79. The van der Waals surface area contributed by atoms with Gasteiger partial charge in [-0.2, -0.15) is 0 Å². The lowest BCUT2D eigenvalue weighted by molar-refractivity contribution is -0.326. The third-order valence-corrected chi connectivity index (χ3v) is 11.7. The molecular formula is C38H64N8O14. The lowest BCUT2D eigenvalue weighted by Gasteiger charge is -2.47. The summed E-state index contributed by atoms with van der Waals surface area (Å²) in [6.45, 7) is 10.1. The van der Waals surface area contributed by atoms with E-state index >= 15 is 0 Å². The quantitative estimate of drug-likeness (QED) is 0.0998. The molecule has 4 heterocycles. The molecule has 4 rings (SSSR count). The van der Waals surface area contributed by atoms with Crippen molar-refractivity contribution in [1.82, 2.24) is 41.6 Å². The maximum atomic E-state index is 14.8. The molecule has 0 radical (unpaired) electrons. The van der Waals surface area contributed by atoms with E-state index in [1.165, 1.54) is 21.0 Å². The van der Waals surface area contributed by atoms with E-state index in [0.717, 1.165) is 30.3 Å². The van der Waals surface area contributed by atoms with Gasteiger partial charge in [-0.15, -0.1) is 0 Å². The van der Waals surface area contributed by atoms with E-state index in [0.29, 0.717) is 25.2 Å². The number of carbonyl (C=O) groups is 7. The van der Waals surface area contributed by atoms with Gasteiger partial charge in [0.1, 0.15) is 24.2 Å². The maximum absolute atomic E-state index is 14.8. The SMILES string of the molecule is COC[C@H]1C(=O)NCC(=O)N2NCCC[C@H]2C(=O)N(O)[C@H](C)C(=O)O[C@@H](C(C)C)[C@H](NC(=O)[C@](C)(O)[C@]2(O)CC[C@@H](CC(C)C)[C@H](C)O2)C(=O)N2NCCC[C@@H]2C(=O)N1O. The summed E-state index contributed by atoms with van der Waals surface area (Å²) in [6.07, 6.45) is -0.563. The molecule has 340 valence electrons. The van der Waals surface area contributed by atoms with Crippen molar-refractivity contribution in [2.75, 3.05) is 33.4 Å². The molecule has 4 fully saturated rings. The fraction of sp³-hybridized carbons (Fsp3) is 0.816. The van der Waals surface area contributed by atoms with Gasteiger partial charge in [0, 0.05) is 26.6 Å². The minimum Gasteiger partial charge on any atom is -0.458 e. The zero-order chi connectivity index (χ0) is 44.9. The molecule has 10 atom stereocenters. The monoisotopic (exact) mass is 856 g/mol. The molecule has 6 amide bonds. The molecule has 22 heteroatoms. The summed E-state index contributed by atoms with van der Waals surface area (Å²) in [5.74, 6) is -10.7. The van der Waals surface area contributed by atoms with Crippen LogP contribution in [0.2, 0.25) is 0 Å². The van der Waals surface area contributed by atoms with Gasteiger partial charge in [0.15, 0.2) is 17.7 Å². The number of hydrazine groups is 2. The summed E-state index contributed by atoms with van der Waals surface area (Å²) >= 11 is 0. The largest absolute Gasteiger partial charge is 0.458 e. The normalized spacial score (nSPS) is 33.3. The highest BCUT2D eigenvalue weighted by atomic mass is 16.6. The second kappa shape index (κ2) is 20.2. The number of cyclic esters (lactones) is 1. The molecule has 22 nitrogen and oxygen atoms in total. The number of aliphatic hydroxyl groups is 2. The van der Waals surface area contributed by atoms with Crippen LogP contribution >= 0.6 is 0 Å². The van der Waals surface area contributed by atoms with Gasteiger partial charge in [0.25, 0.3) is 29.5 Å². The van der Waals surface area contributed by atoms with Crippen LogP contribution in [0.15, 0.2) is 0 Å². The average Bonchev–Trinajstić information content (AvgIpc) is 3.21. The Labute approximate surface area is 349 Å². The van der Waals surface area contributed by atoms with Crippen molar-refractivity contribution >= 4 is 41.4 Å². The molecule has 0 aromatic carbocycles. The second-order valence-electron chi connectivity index (χ2n) is 17.0. The highest BCUT2D eigenvalue weighted by molar-refractivity contribution is 5.97. The van der Waals surface area contributed by atoms with Crippen LogP contribution in [0.25, 0.3) is 0 Å². The number of esters is 1. The molecule has 0 saturated carbocycles. The summed E-state index contributed by atoms with van der Waals surface area (Å²) in [5, 5.41) is 52.5. The number of carbonyl (C=O) groups excluding carboxylic acids is 7. The topological polar surface area (TPSA) is 289 Å². The number of methoxy groups -OCH3 is 1. The zero-order valence-corrected chi connectivity index (χ0v) is 35.7. The summed E-state index contributed by atoms with van der Waals surface area (Å²) in [6, 6.07) is -8.32. The smallest absolute Gasteiger partial charge is 0.331 e. The third-order valence-electron chi connectivity index (χ3n) is 11.7. The number of fused-ring (bicyclic) bond motifs is 2. The Bertz CT molecular complexity index is 1600. The minimum atomic E-state index is -2.72. The number of hydroxylamine groups is 4. The number of nitrogens with zero attached hydrogens (tertiary/aromatic N) is 4. The van der Waals surface area contributed by atoms with Crippen LogP contribution in [0, 0.1) is 17.8 Å². The van der Waals surface area contributed by atoms with Gasteiger partial charge in [0.05, 0.1) is 19.3 Å². The Kier molecular flexibility index (Phi) is 16.4. The number of ether oxygens (including phenoxy) is 3. The molecule has 60 heavy (non-hydrogen) atoms. The van der Waals surface area contributed by atoms with Crippen LogP contribution in [0.5, 0.6) is 0 Å². The molecule has 0 aromatic rings. The van der Waals surface area contributed by atoms with Gasteiger partial charge < -0.3 is 35.1 Å². The van der Waals surface area contributed by atoms with E-state index in [1.54, 1.807) is 6.92 Å². The van der Waals surface area contributed by atoms with E-state index in [-0.39, 0.29) is 48.4 Å². The van der Waals surface area contributed by atoms with E-state index in [4.69, 9.17) is 14.2 Å². The van der Waals surface area contributed by atoms with E-state index in [9.17, 15) is 54.2 Å². The predicted molar refractivity (Wildman–Crippen MR) is 206 cm³/mol. The summed E-state index contributed by atoms with van der Waals surface area (Å²) in [5.41, 5.74) is 2.83. The summed E-state index contributed by atoms with van der Waals surface area (Å²) in [7, 11) is 1.20. The molecule has 8 N–H and O–H groups in total. The van der Waals surface area contributed by atoms with Crippen molar-refractivity contribution in [2.24, 2.45) is 17.8 Å². The van der Waals surface area contributed by atoms with Gasteiger partial charge in [-0.25, -0.2) is 25.8 Å². The first-order valence-electron chi connectivity index (χ1n) is 20.6. The fourth-order valence-electron chi connectivity index (χ4n) is 8.03. The Morgan fingerprint density at radius 1 is 0.933 bits per heavy atom. The molecule has 0 bridgehead atoms. The number of hydrogen-bond acceptors (Lipinski definition) is 16. The molecule has 0 unspecified atom stereocenters. The highest BCUT2D eigenvalue weighted by Gasteiger charge is 2.57. The van der Waals surface area contributed by atoms with Gasteiger partial charge in [-0.1, -0.05) is 27.7 Å². The predicted octanol–water partition coefficient (Wildman–Crippen LogP) is -1.70. The number of amides is 6. The van der Waals surface area contributed by atoms with Crippen molar-refractivity contribution in [2.45, 2.75) is 147 Å². The molecule has 0 spiro atoms. The van der Waals surface area contributed by atoms with Crippen LogP contribution in [-0.2, 0) is 47.8 Å². The Morgan fingerprint density at radius 2 is 1.52 bits per heavy atom. The van der Waals surface area contributed by atoms with Crippen LogP contribution in [0.3, 0.4) is 0 Å². The van der Waals surface area contributed by atoms with Gasteiger partial charge in [0.2, 0.25) is 11.7 Å². The van der Waals surface area contributed by atoms with Gasteiger partial charge >= 0.3 is 5.97 Å². The maximum Gasteiger partial charge on any atom is 0.331 e. The van der Waals surface area contributed by atoms with Crippen LogP contribution in [0.1, 0.15) is 93.4 Å². The lowest BCUT2D eigenvalue weighted by Crippen LogP contribution is -2.70. The van der Waals surface area contributed by atoms with Crippen LogP contribution in [-0.4, -0.2) is 169 Å². The molecule has 4 aliphatic heterocycles. The Hall–Kier alpha value is -4.03. The van der Waals surface area contributed by atoms with E-state index < -0.39 is 114 Å². The van der Waals surface area contributed by atoms with Crippen molar-refractivity contribution in [3.63, 3.8) is 0 Å². The zero-order valence-electron chi connectivity index (χ0n) is 35.7. The van der Waals surface area contributed by atoms with Gasteiger partial charge in [-0.3, -0.25) is 49.2 Å². The summed E-state index contributed by atoms with van der Waals surface area (Å²) < 4.78 is 16.9. The molecule has 0 aromatic heterocycles. The average molecular weight is 857 g/mol.